The van der Waals surface area contributed by atoms with Gasteiger partial charge in [0.2, 0.25) is 0 Å². The van der Waals surface area contributed by atoms with Crippen LogP contribution in [-0.2, 0) is 11.2 Å². The van der Waals surface area contributed by atoms with Crippen molar-refractivity contribution in [3.05, 3.63) is 48.3 Å². The van der Waals surface area contributed by atoms with E-state index < -0.39 is 6.09 Å². The van der Waals surface area contributed by atoms with E-state index in [4.69, 9.17) is 4.74 Å². The van der Waals surface area contributed by atoms with E-state index in [-0.39, 0.29) is 5.54 Å². The Kier molecular flexibility index (Phi) is 5.09. The predicted molar refractivity (Wildman–Crippen MR) is 85.4 cm³/mol. The number of hydrogen-bond donors (Lipinski definition) is 1. The fourth-order valence-electron chi connectivity index (χ4n) is 1.82. The van der Waals surface area contributed by atoms with Crippen molar-refractivity contribution >= 4 is 6.09 Å². The lowest BCUT2D eigenvalue weighted by Crippen LogP contribution is -2.41. The van der Waals surface area contributed by atoms with Crippen molar-refractivity contribution in [1.82, 2.24) is 15.3 Å². The van der Waals surface area contributed by atoms with Gasteiger partial charge in [0.15, 0.2) is 5.82 Å². The third-order valence-corrected chi connectivity index (χ3v) is 2.84. The van der Waals surface area contributed by atoms with Crippen LogP contribution in [0.4, 0.5) is 4.79 Å². The Balaban J connectivity index is 1.84. The van der Waals surface area contributed by atoms with Gasteiger partial charge >= 0.3 is 6.09 Å². The van der Waals surface area contributed by atoms with E-state index >= 15 is 0 Å². The Morgan fingerprint density at radius 1 is 1.14 bits per heavy atom. The van der Waals surface area contributed by atoms with Crippen molar-refractivity contribution in [1.29, 1.82) is 0 Å². The number of carbonyl (C=O) groups is 1. The van der Waals surface area contributed by atoms with Gasteiger partial charge in [-0.2, -0.15) is 0 Å². The Morgan fingerprint density at radius 3 is 2.36 bits per heavy atom. The molecule has 2 rings (SSSR count). The number of hydrogen-bond acceptors (Lipinski definition) is 4. The monoisotopic (exact) mass is 299 g/mol. The van der Waals surface area contributed by atoms with Crippen molar-refractivity contribution < 1.29 is 9.53 Å². The van der Waals surface area contributed by atoms with Crippen LogP contribution < -0.4 is 5.32 Å². The van der Waals surface area contributed by atoms with E-state index in [9.17, 15) is 4.79 Å². The molecule has 0 bridgehead atoms. The second-order valence-corrected chi connectivity index (χ2v) is 6.04. The molecule has 0 saturated carbocycles. The average molecular weight is 299 g/mol. The van der Waals surface area contributed by atoms with Gasteiger partial charge in [-0.05, 0) is 26.3 Å². The number of aromatic nitrogens is 2. The average Bonchev–Trinajstić information content (AvgIpc) is 2.47. The van der Waals surface area contributed by atoms with Crippen LogP contribution in [0.2, 0.25) is 0 Å². The highest BCUT2D eigenvalue weighted by atomic mass is 16.5. The SMILES string of the molecule is CC(C)(C)NC(=O)OCCc1cnc(-c2ccccc2)nc1. The van der Waals surface area contributed by atoms with Crippen LogP contribution in [0, 0.1) is 0 Å². The molecule has 1 aromatic carbocycles. The third kappa shape index (κ3) is 5.16. The molecule has 1 N–H and O–H groups in total. The van der Waals surface area contributed by atoms with Crippen LogP contribution >= 0.6 is 0 Å². The van der Waals surface area contributed by atoms with Crippen molar-refractivity contribution in [2.24, 2.45) is 0 Å². The largest absolute Gasteiger partial charge is 0.449 e. The first-order valence-corrected chi connectivity index (χ1v) is 7.25. The molecule has 2 aromatic rings. The van der Waals surface area contributed by atoms with E-state index in [2.05, 4.69) is 15.3 Å². The smallest absolute Gasteiger partial charge is 0.407 e. The summed E-state index contributed by atoms with van der Waals surface area (Å²) in [4.78, 5) is 20.2. The summed E-state index contributed by atoms with van der Waals surface area (Å²) in [6.45, 7) is 6.02. The second-order valence-electron chi connectivity index (χ2n) is 6.04. The zero-order valence-corrected chi connectivity index (χ0v) is 13.2. The van der Waals surface area contributed by atoms with Crippen LogP contribution in [0.3, 0.4) is 0 Å². The molecule has 0 fully saturated rings. The summed E-state index contributed by atoms with van der Waals surface area (Å²) in [7, 11) is 0. The van der Waals surface area contributed by atoms with Crippen molar-refractivity contribution in [2.45, 2.75) is 32.7 Å². The van der Waals surface area contributed by atoms with Gasteiger partial charge in [-0.1, -0.05) is 30.3 Å². The van der Waals surface area contributed by atoms with Gasteiger partial charge < -0.3 is 10.1 Å². The number of rotatable bonds is 4. The third-order valence-electron chi connectivity index (χ3n) is 2.84. The van der Waals surface area contributed by atoms with Gasteiger partial charge in [0.25, 0.3) is 0 Å². The van der Waals surface area contributed by atoms with Crippen LogP contribution in [0.25, 0.3) is 11.4 Å². The minimum Gasteiger partial charge on any atom is -0.449 e. The lowest BCUT2D eigenvalue weighted by Gasteiger charge is -2.19. The van der Waals surface area contributed by atoms with Crippen LogP contribution in [-0.4, -0.2) is 28.2 Å². The fraction of sp³-hybridized carbons (Fsp3) is 0.353. The van der Waals surface area contributed by atoms with Gasteiger partial charge in [-0.25, -0.2) is 14.8 Å². The van der Waals surface area contributed by atoms with Crippen LogP contribution in [0.5, 0.6) is 0 Å². The van der Waals surface area contributed by atoms with Gasteiger partial charge in [-0.15, -0.1) is 0 Å². The first-order valence-electron chi connectivity index (χ1n) is 7.25. The van der Waals surface area contributed by atoms with E-state index in [0.29, 0.717) is 18.9 Å². The first kappa shape index (κ1) is 15.9. The van der Waals surface area contributed by atoms with E-state index in [1.807, 2.05) is 51.1 Å². The molecule has 1 aromatic heterocycles. The van der Waals surface area contributed by atoms with Gasteiger partial charge in [-0.3, -0.25) is 0 Å². The van der Waals surface area contributed by atoms with Gasteiger partial charge in [0.1, 0.15) is 0 Å². The number of ether oxygens (including phenoxy) is 1. The number of benzene rings is 1. The summed E-state index contributed by atoms with van der Waals surface area (Å²) in [5, 5.41) is 2.74. The molecule has 0 aliphatic heterocycles. The zero-order chi connectivity index (χ0) is 16.0. The van der Waals surface area contributed by atoms with Crippen molar-refractivity contribution in [3.8, 4) is 11.4 Å². The van der Waals surface area contributed by atoms with Crippen molar-refractivity contribution in [3.63, 3.8) is 0 Å². The molecular formula is C17H21N3O2. The first-order chi connectivity index (χ1) is 10.4. The summed E-state index contributed by atoms with van der Waals surface area (Å²) >= 11 is 0. The van der Waals surface area contributed by atoms with Crippen LogP contribution in [0.15, 0.2) is 42.7 Å². The maximum absolute atomic E-state index is 11.5. The number of nitrogens with zero attached hydrogens (tertiary/aromatic N) is 2. The van der Waals surface area contributed by atoms with Gasteiger partial charge in [0.05, 0.1) is 6.61 Å². The lowest BCUT2D eigenvalue weighted by atomic mass is 10.1. The summed E-state index contributed by atoms with van der Waals surface area (Å²) in [6.07, 6.45) is 3.71. The molecule has 1 amide bonds. The number of nitrogens with one attached hydrogen (secondary N) is 1. The highest BCUT2D eigenvalue weighted by Gasteiger charge is 2.14. The Morgan fingerprint density at radius 2 is 1.77 bits per heavy atom. The summed E-state index contributed by atoms with van der Waals surface area (Å²) < 4.78 is 5.13. The van der Waals surface area contributed by atoms with E-state index in [0.717, 1.165) is 11.1 Å². The fourth-order valence-corrected chi connectivity index (χ4v) is 1.82. The molecule has 0 radical (unpaired) electrons. The maximum Gasteiger partial charge on any atom is 0.407 e. The lowest BCUT2D eigenvalue weighted by molar-refractivity contribution is 0.139. The molecular weight excluding hydrogens is 278 g/mol. The number of carbonyl (C=O) groups excluding carboxylic acids is 1. The molecule has 0 atom stereocenters. The minimum atomic E-state index is -0.408. The van der Waals surface area contributed by atoms with E-state index in [1.54, 1.807) is 12.4 Å². The molecule has 5 nitrogen and oxygen atoms in total. The molecule has 0 aliphatic rings. The normalized spacial score (nSPS) is 11.0. The molecule has 22 heavy (non-hydrogen) atoms. The number of alkyl carbamates (subject to hydrolysis) is 1. The summed E-state index contributed by atoms with van der Waals surface area (Å²) in [5.41, 5.74) is 1.62. The Bertz CT molecular complexity index is 604. The quantitative estimate of drug-likeness (QED) is 0.941. The topological polar surface area (TPSA) is 64.1 Å². The zero-order valence-electron chi connectivity index (χ0n) is 13.2. The molecule has 1 heterocycles. The molecule has 0 aliphatic carbocycles. The maximum atomic E-state index is 11.5. The van der Waals surface area contributed by atoms with Gasteiger partial charge in [0, 0.05) is 29.9 Å². The number of amides is 1. The molecule has 5 heteroatoms. The summed E-state index contributed by atoms with van der Waals surface area (Å²) in [5.74, 6) is 0.691. The molecule has 116 valence electrons. The van der Waals surface area contributed by atoms with Crippen LogP contribution in [0.1, 0.15) is 26.3 Å². The van der Waals surface area contributed by atoms with E-state index in [1.165, 1.54) is 0 Å². The highest BCUT2D eigenvalue weighted by Crippen LogP contribution is 2.13. The Labute approximate surface area is 130 Å². The van der Waals surface area contributed by atoms with Crippen molar-refractivity contribution in [2.75, 3.05) is 6.61 Å². The molecule has 0 unspecified atom stereocenters. The highest BCUT2D eigenvalue weighted by molar-refractivity contribution is 5.68. The predicted octanol–water partition coefficient (Wildman–Crippen LogP) is 3.21. The molecule has 0 saturated heterocycles. The Hall–Kier alpha value is -2.43. The second kappa shape index (κ2) is 7.02. The standard InChI is InChI=1S/C17H21N3O2/c1-17(2,3)20-16(21)22-10-9-13-11-18-15(19-12-13)14-7-5-4-6-8-14/h4-8,11-12H,9-10H2,1-3H3,(H,20,21). The summed E-state index contributed by atoms with van der Waals surface area (Å²) in [6, 6.07) is 9.80. The molecule has 0 spiro atoms. The minimum absolute atomic E-state index is 0.294.